The Morgan fingerprint density at radius 3 is 2.48 bits per heavy atom. The molecule has 2 aromatic rings. The molecule has 7 heteroatoms. The molecule has 0 fully saturated rings. The van der Waals surface area contributed by atoms with Crippen LogP contribution >= 0.6 is 0 Å². The summed E-state index contributed by atoms with van der Waals surface area (Å²) in [5.41, 5.74) is 2.22. The van der Waals surface area contributed by atoms with Crippen molar-refractivity contribution in [2.24, 2.45) is 0 Å². The van der Waals surface area contributed by atoms with Gasteiger partial charge in [0, 0.05) is 19.7 Å². The molecule has 2 rings (SSSR count). The average molecular weight is 346 g/mol. The summed E-state index contributed by atoms with van der Waals surface area (Å²) in [7, 11) is 0. The number of benzene rings is 1. The molecule has 3 N–H and O–H groups in total. The minimum absolute atomic E-state index is 0.287. The van der Waals surface area contributed by atoms with E-state index in [-0.39, 0.29) is 19.1 Å². The molecule has 25 heavy (non-hydrogen) atoms. The molecule has 0 bridgehead atoms. The van der Waals surface area contributed by atoms with Gasteiger partial charge in [0.2, 0.25) is 5.91 Å². The number of rotatable bonds is 9. The third kappa shape index (κ3) is 5.65. The predicted molar refractivity (Wildman–Crippen MR) is 93.9 cm³/mol. The first-order chi connectivity index (χ1) is 12.0. The average Bonchev–Trinajstić information content (AvgIpc) is 3.06. The van der Waals surface area contributed by atoms with Crippen LogP contribution in [-0.4, -0.2) is 49.9 Å². The van der Waals surface area contributed by atoms with Gasteiger partial charge < -0.3 is 15.5 Å². The van der Waals surface area contributed by atoms with Gasteiger partial charge >= 0.3 is 0 Å². The lowest BCUT2D eigenvalue weighted by atomic mass is 9.94. The number of aryl methyl sites for hydroxylation is 4. The van der Waals surface area contributed by atoms with Crippen molar-refractivity contribution >= 4 is 5.91 Å². The molecule has 0 saturated heterocycles. The van der Waals surface area contributed by atoms with Crippen molar-refractivity contribution in [1.29, 1.82) is 0 Å². The second-order valence-electron chi connectivity index (χ2n) is 6.49. The molecule has 0 atom stereocenters. The predicted octanol–water partition coefficient (Wildman–Crippen LogP) is 0.621. The van der Waals surface area contributed by atoms with E-state index in [1.165, 1.54) is 18.1 Å². The Morgan fingerprint density at radius 1 is 1.20 bits per heavy atom. The monoisotopic (exact) mass is 346 g/mol. The van der Waals surface area contributed by atoms with E-state index in [2.05, 4.69) is 46.8 Å². The summed E-state index contributed by atoms with van der Waals surface area (Å²) in [6.07, 6.45) is 3.62. The summed E-state index contributed by atoms with van der Waals surface area (Å²) < 4.78 is 1.78. The zero-order chi connectivity index (χ0) is 18.3. The van der Waals surface area contributed by atoms with E-state index in [9.17, 15) is 15.0 Å². The summed E-state index contributed by atoms with van der Waals surface area (Å²) in [6.45, 7) is 3.50. The third-order valence-electron chi connectivity index (χ3n) is 4.24. The van der Waals surface area contributed by atoms with Crippen molar-refractivity contribution in [3.63, 3.8) is 0 Å². The first kappa shape index (κ1) is 19.1. The fourth-order valence-electron chi connectivity index (χ4n) is 2.65. The van der Waals surface area contributed by atoms with Crippen molar-refractivity contribution < 1.29 is 15.0 Å². The molecule has 1 amide bonds. The summed E-state index contributed by atoms with van der Waals surface area (Å²) in [6, 6.07) is 8.40. The number of aromatic nitrogens is 3. The first-order valence-electron chi connectivity index (χ1n) is 8.41. The Kier molecular flexibility index (Phi) is 6.66. The Morgan fingerprint density at radius 2 is 1.88 bits per heavy atom. The number of nitrogens with zero attached hydrogens (tertiary/aromatic N) is 3. The summed E-state index contributed by atoms with van der Waals surface area (Å²) in [5.74, 6) is -0.287. The van der Waals surface area contributed by atoms with E-state index in [1.54, 1.807) is 4.68 Å². The third-order valence-corrected chi connectivity index (χ3v) is 4.24. The van der Waals surface area contributed by atoms with E-state index < -0.39 is 5.54 Å². The number of nitrogens with one attached hydrogen (secondary N) is 1. The number of carbonyl (C=O) groups is 1. The van der Waals surface area contributed by atoms with Gasteiger partial charge in [-0.2, -0.15) is 0 Å². The summed E-state index contributed by atoms with van der Waals surface area (Å²) >= 11 is 0. The van der Waals surface area contributed by atoms with Gasteiger partial charge in [-0.1, -0.05) is 35.0 Å². The van der Waals surface area contributed by atoms with Crippen LogP contribution in [0.25, 0.3) is 0 Å². The zero-order valence-electron chi connectivity index (χ0n) is 14.8. The number of aliphatic hydroxyl groups is 2. The van der Waals surface area contributed by atoms with Crippen LogP contribution in [0.3, 0.4) is 0 Å². The molecule has 0 aliphatic rings. The highest BCUT2D eigenvalue weighted by atomic mass is 16.3. The molecule has 7 nitrogen and oxygen atoms in total. The van der Waals surface area contributed by atoms with E-state index >= 15 is 0 Å². The number of aliphatic hydroxyl groups excluding tert-OH is 2. The van der Waals surface area contributed by atoms with Gasteiger partial charge in [0.05, 0.1) is 24.4 Å². The Balaban J connectivity index is 1.89. The second kappa shape index (κ2) is 8.73. The quantitative estimate of drug-likeness (QED) is 0.618. The molecule has 0 saturated carbocycles. The molecule has 0 aliphatic heterocycles. The molecular weight excluding hydrogens is 320 g/mol. The van der Waals surface area contributed by atoms with Crippen LogP contribution in [0.2, 0.25) is 0 Å². The van der Waals surface area contributed by atoms with Crippen molar-refractivity contribution in [3.05, 3.63) is 47.3 Å². The topological polar surface area (TPSA) is 100 Å². The van der Waals surface area contributed by atoms with Crippen LogP contribution in [0.15, 0.2) is 30.5 Å². The van der Waals surface area contributed by atoms with E-state index in [4.69, 9.17) is 0 Å². The largest absolute Gasteiger partial charge is 0.394 e. The zero-order valence-corrected chi connectivity index (χ0v) is 14.8. The lowest BCUT2D eigenvalue weighted by Gasteiger charge is -2.30. The van der Waals surface area contributed by atoms with Crippen LogP contribution in [-0.2, 0) is 24.2 Å². The van der Waals surface area contributed by atoms with Crippen LogP contribution < -0.4 is 5.32 Å². The maximum Gasteiger partial charge on any atom is 0.217 e. The van der Waals surface area contributed by atoms with Crippen LogP contribution in [0.5, 0.6) is 0 Å². The van der Waals surface area contributed by atoms with E-state index in [0.29, 0.717) is 12.8 Å². The van der Waals surface area contributed by atoms with Crippen LogP contribution in [0, 0.1) is 6.92 Å². The fraction of sp³-hybridized carbons (Fsp3) is 0.500. The molecule has 0 spiro atoms. The smallest absolute Gasteiger partial charge is 0.217 e. The Labute approximate surface area is 147 Å². The maximum atomic E-state index is 11.3. The SMILES string of the molecule is CC(=O)NC(CO)(CO)CCc1cn(CCc2ccc(C)cc2)nn1. The molecule has 136 valence electrons. The van der Waals surface area contributed by atoms with Gasteiger partial charge in [-0.15, -0.1) is 5.10 Å². The number of hydrogen-bond donors (Lipinski definition) is 3. The van der Waals surface area contributed by atoms with Crippen molar-refractivity contribution in [1.82, 2.24) is 20.3 Å². The lowest BCUT2D eigenvalue weighted by Crippen LogP contribution is -2.53. The fourth-order valence-corrected chi connectivity index (χ4v) is 2.65. The highest BCUT2D eigenvalue weighted by Gasteiger charge is 2.29. The molecular formula is C18H26N4O3. The van der Waals surface area contributed by atoms with Crippen molar-refractivity contribution in [2.75, 3.05) is 13.2 Å². The summed E-state index contributed by atoms with van der Waals surface area (Å²) in [4.78, 5) is 11.3. The van der Waals surface area contributed by atoms with Gasteiger partial charge in [-0.3, -0.25) is 9.48 Å². The van der Waals surface area contributed by atoms with Crippen molar-refractivity contribution in [3.8, 4) is 0 Å². The number of carbonyl (C=O) groups excluding carboxylic acids is 1. The first-order valence-corrected chi connectivity index (χ1v) is 8.41. The molecule has 0 aliphatic carbocycles. The number of hydrogen-bond acceptors (Lipinski definition) is 5. The molecule has 0 radical (unpaired) electrons. The van der Waals surface area contributed by atoms with Gasteiger partial charge in [0.1, 0.15) is 0 Å². The normalized spacial score (nSPS) is 11.5. The minimum Gasteiger partial charge on any atom is -0.394 e. The minimum atomic E-state index is -1.03. The molecule has 1 aromatic heterocycles. The van der Waals surface area contributed by atoms with E-state index in [1.807, 2.05) is 6.20 Å². The Hall–Kier alpha value is -2.25. The second-order valence-corrected chi connectivity index (χ2v) is 6.49. The highest BCUT2D eigenvalue weighted by Crippen LogP contribution is 2.13. The summed E-state index contributed by atoms with van der Waals surface area (Å²) in [5, 5.41) is 29.9. The van der Waals surface area contributed by atoms with Gasteiger partial charge in [-0.05, 0) is 31.7 Å². The van der Waals surface area contributed by atoms with Crippen molar-refractivity contribution in [2.45, 2.75) is 45.2 Å². The number of amides is 1. The van der Waals surface area contributed by atoms with Gasteiger partial charge in [-0.25, -0.2) is 0 Å². The Bertz CT molecular complexity index is 678. The molecule has 1 aromatic carbocycles. The maximum absolute atomic E-state index is 11.3. The lowest BCUT2D eigenvalue weighted by molar-refractivity contribution is -0.122. The van der Waals surface area contributed by atoms with Gasteiger partial charge in [0.25, 0.3) is 0 Å². The molecule has 1 heterocycles. The highest BCUT2D eigenvalue weighted by molar-refractivity contribution is 5.73. The van der Waals surface area contributed by atoms with Crippen LogP contribution in [0.4, 0.5) is 0 Å². The molecule has 0 unspecified atom stereocenters. The van der Waals surface area contributed by atoms with Crippen LogP contribution in [0.1, 0.15) is 30.2 Å². The van der Waals surface area contributed by atoms with Gasteiger partial charge in [0.15, 0.2) is 0 Å². The van der Waals surface area contributed by atoms with E-state index in [0.717, 1.165) is 18.7 Å². The standard InChI is InChI=1S/C18H26N4O3/c1-14-3-5-16(6-4-14)8-10-22-11-17(20-21-22)7-9-18(12-23,13-24)19-15(2)25/h3-6,11,23-24H,7-10,12-13H2,1-2H3,(H,19,25).